The highest BCUT2D eigenvalue weighted by Crippen LogP contribution is 2.20. The van der Waals surface area contributed by atoms with Gasteiger partial charge < -0.3 is 20.9 Å². The number of carbonyl (C=O) groups excluding carboxylic acids is 2. The number of hydrogen-bond donors (Lipinski definition) is 2. The molecule has 6 nitrogen and oxygen atoms in total. The number of carbonyl (C=O) groups is 2. The molecule has 1 aromatic carbocycles. The molecule has 0 aliphatic rings. The molecule has 0 bridgehead atoms. The van der Waals surface area contributed by atoms with Gasteiger partial charge in [-0.3, -0.25) is 9.59 Å². The van der Waals surface area contributed by atoms with E-state index in [-0.39, 0.29) is 29.8 Å². The van der Waals surface area contributed by atoms with E-state index in [0.717, 1.165) is 37.9 Å². The van der Waals surface area contributed by atoms with Gasteiger partial charge in [0.1, 0.15) is 0 Å². The quantitative estimate of drug-likeness (QED) is 0.496. The summed E-state index contributed by atoms with van der Waals surface area (Å²) in [4.78, 5) is 28.5. The monoisotopic (exact) mass is 404 g/mol. The highest BCUT2D eigenvalue weighted by Gasteiger charge is 2.24. The van der Waals surface area contributed by atoms with Crippen molar-refractivity contribution >= 4 is 11.8 Å². The first-order chi connectivity index (χ1) is 13.8. The van der Waals surface area contributed by atoms with Crippen LogP contribution in [0.5, 0.6) is 0 Å². The van der Waals surface area contributed by atoms with Gasteiger partial charge in [0.2, 0.25) is 11.8 Å². The molecule has 0 fully saturated rings. The van der Waals surface area contributed by atoms with Crippen LogP contribution in [-0.4, -0.2) is 60.9 Å². The molecule has 0 radical (unpaired) electrons. The van der Waals surface area contributed by atoms with Crippen molar-refractivity contribution in [2.24, 2.45) is 11.7 Å². The van der Waals surface area contributed by atoms with E-state index in [2.05, 4.69) is 24.4 Å². The third-order valence-electron chi connectivity index (χ3n) is 5.36. The highest BCUT2D eigenvalue weighted by atomic mass is 16.2. The molecular weight excluding hydrogens is 364 g/mol. The van der Waals surface area contributed by atoms with Crippen molar-refractivity contribution in [2.45, 2.75) is 59.0 Å². The number of rotatable bonds is 13. The van der Waals surface area contributed by atoms with Crippen LogP contribution >= 0.6 is 0 Å². The summed E-state index contributed by atoms with van der Waals surface area (Å²) < 4.78 is 0. The molecular formula is C23H40N4O2. The maximum atomic E-state index is 12.7. The second-order valence-corrected chi connectivity index (χ2v) is 8.08. The molecule has 2 atom stereocenters. The minimum atomic E-state index is -0.191. The van der Waals surface area contributed by atoms with E-state index in [1.165, 1.54) is 0 Å². The van der Waals surface area contributed by atoms with Gasteiger partial charge in [0.25, 0.3) is 0 Å². The summed E-state index contributed by atoms with van der Waals surface area (Å²) >= 11 is 0. The molecule has 0 aliphatic heterocycles. The molecule has 0 aromatic heterocycles. The number of amides is 2. The normalized spacial score (nSPS) is 13.2. The van der Waals surface area contributed by atoms with Crippen LogP contribution in [0.1, 0.15) is 58.6 Å². The van der Waals surface area contributed by atoms with Crippen LogP contribution in [0.15, 0.2) is 30.3 Å². The van der Waals surface area contributed by atoms with Crippen molar-refractivity contribution in [3.05, 3.63) is 35.9 Å². The molecule has 0 aliphatic carbocycles. The van der Waals surface area contributed by atoms with Gasteiger partial charge in [-0.15, -0.1) is 0 Å². The Morgan fingerprint density at radius 1 is 1.03 bits per heavy atom. The van der Waals surface area contributed by atoms with Crippen molar-refractivity contribution in [3.8, 4) is 0 Å². The Hall–Kier alpha value is -1.92. The van der Waals surface area contributed by atoms with Crippen molar-refractivity contribution in [1.82, 2.24) is 15.1 Å². The van der Waals surface area contributed by atoms with E-state index in [9.17, 15) is 9.59 Å². The Morgan fingerprint density at radius 2 is 1.66 bits per heavy atom. The Balaban J connectivity index is 2.43. The largest absolute Gasteiger partial charge is 0.344 e. The lowest BCUT2D eigenvalue weighted by Crippen LogP contribution is -2.49. The van der Waals surface area contributed by atoms with Gasteiger partial charge in [-0.2, -0.15) is 0 Å². The van der Waals surface area contributed by atoms with Gasteiger partial charge in [0.05, 0.1) is 12.1 Å². The van der Waals surface area contributed by atoms with Gasteiger partial charge >= 0.3 is 0 Å². The lowest BCUT2D eigenvalue weighted by atomic mass is 10.0. The smallest absolute Gasteiger partial charge is 0.239 e. The van der Waals surface area contributed by atoms with Gasteiger partial charge in [-0.05, 0) is 37.7 Å². The fourth-order valence-electron chi connectivity index (χ4n) is 3.54. The van der Waals surface area contributed by atoms with Crippen LogP contribution in [0.4, 0.5) is 0 Å². The highest BCUT2D eigenvalue weighted by molar-refractivity contribution is 5.81. The lowest BCUT2D eigenvalue weighted by Gasteiger charge is -2.29. The number of nitrogens with one attached hydrogen (secondary N) is 1. The van der Waals surface area contributed by atoms with Crippen molar-refractivity contribution in [2.75, 3.05) is 33.2 Å². The summed E-state index contributed by atoms with van der Waals surface area (Å²) in [6, 6.07) is 9.99. The molecule has 0 heterocycles. The molecule has 0 spiro atoms. The summed E-state index contributed by atoms with van der Waals surface area (Å²) in [5.74, 6) is 0.441. The van der Waals surface area contributed by atoms with Gasteiger partial charge in [0, 0.05) is 40.2 Å². The fraction of sp³-hybridized carbons (Fsp3) is 0.652. The van der Waals surface area contributed by atoms with Crippen molar-refractivity contribution in [3.63, 3.8) is 0 Å². The summed E-state index contributed by atoms with van der Waals surface area (Å²) in [6.07, 6.45) is 2.83. The summed E-state index contributed by atoms with van der Waals surface area (Å²) in [7, 11) is 1.86. The SMILES string of the molecule is CC(=O)N(CCCCCN(C)C(=O)C(NCCN)C(C)C)C(C)c1ccccc1. The summed E-state index contributed by atoms with van der Waals surface area (Å²) in [6.45, 7) is 10.4. The van der Waals surface area contributed by atoms with E-state index in [0.29, 0.717) is 13.1 Å². The van der Waals surface area contributed by atoms with Crippen LogP contribution in [0, 0.1) is 5.92 Å². The Kier molecular flexibility index (Phi) is 11.5. The van der Waals surface area contributed by atoms with Gasteiger partial charge in [0.15, 0.2) is 0 Å². The van der Waals surface area contributed by atoms with E-state index < -0.39 is 0 Å². The average Bonchev–Trinajstić information content (AvgIpc) is 2.70. The Labute approximate surface area is 176 Å². The predicted molar refractivity (Wildman–Crippen MR) is 119 cm³/mol. The Morgan fingerprint density at radius 3 is 2.21 bits per heavy atom. The molecule has 2 unspecified atom stereocenters. The molecule has 0 saturated heterocycles. The van der Waals surface area contributed by atoms with Crippen LogP contribution < -0.4 is 11.1 Å². The summed E-state index contributed by atoms with van der Waals surface area (Å²) in [5.41, 5.74) is 6.71. The zero-order chi connectivity index (χ0) is 21.8. The number of unbranched alkanes of at least 4 members (excludes halogenated alkanes) is 2. The van der Waals surface area contributed by atoms with E-state index in [4.69, 9.17) is 5.73 Å². The second-order valence-electron chi connectivity index (χ2n) is 8.08. The van der Waals surface area contributed by atoms with Gasteiger partial charge in [-0.1, -0.05) is 44.2 Å². The maximum Gasteiger partial charge on any atom is 0.239 e. The zero-order valence-corrected chi connectivity index (χ0v) is 18.9. The van der Waals surface area contributed by atoms with E-state index >= 15 is 0 Å². The molecule has 0 saturated carbocycles. The standard InChI is InChI=1S/C23H40N4O2/c1-18(2)22(25-15-14-24)23(29)26(5)16-10-7-11-17-27(20(4)28)19(3)21-12-8-6-9-13-21/h6,8-9,12-13,18-19,22,25H,7,10-11,14-17,24H2,1-5H3. The van der Waals surface area contributed by atoms with Crippen molar-refractivity contribution < 1.29 is 9.59 Å². The molecule has 3 N–H and O–H groups in total. The number of hydrogen-bond acceptors (Lipinski definition) is 4. The number of likely N-dealkylation sites (N-methyl/N-ethyl adjacent to an activating group) is 1. The van der Waals surface area contributed by atoms with Crippen LogP contribution in [0.2, 0.25) is 0 Å². The molecule has 164 valence electrons. The van der Waals surface area contributed by atoms with E-state index in [1.54, 1.807) is 6.92 Å². The maximum absolute atomic E-state index is 12.7. The second kappa shape index (κ2) is 13.3. The number of nitrogens with two attached hydrogens (primary N) is 1. The third-order valence-corrected chi connectivity index (χ3v) is 5.36. The van der Waals surface area contributed by atoms with Crippen LogP contribution in [0.25, 0.3) is 0 Å². The predicted octanol–water partition coefficient (Wildman–Crippen LogP) is 2.80. The van der Waals surface area contributed by atoms with Gasteiger partial charge in [-0.25, -0.2) is 0 Å². The third kappa shape index (κ3) is 8.54. The van der Waals surface area contributed by atoms with Crippen molar-refractivity contribution in [1.29, 1.82) is 0 Å². The average molecular weight is 405 g/mol. The lowest BCUT2D eigenvalue weighted by molar-refractivity contribution is -0.133. The first-order valence-corrected chi connectivity index (χ1v) is 10.8. The minimum Gasteiger partial charge on any atom is -0.344 e. The molecule has 2 amide bonds. The zero-order valence-electron chi connectivity index (χ0n) is 18.9. The molecule has 1 rings (SSSR count). The minimum absolute atomic E-state index is 0.0679. The number of nitrogens with zero attached hydrogens (tertiary/aromatic N) is 2. The van der Waals surface area contributed by atoms with Crippen LogP contribution in [0.3, 0.4) is 0 Å². The van der Waals surface area contributed by atoms with Crippen LogP contribution in [-0.2, 0) is 9.59 Å². The fourth-order valence-corrected chi connectivity index (χ4v) is 3.54. The van der Waals surface area contributed by atoms with E-state index in [1.807, 2.05) is 48.9 Å². The molecule has 1 aromatic rings. The first-order valence-electron chi connectivity index (χ1n) is 10.8. The first kappa shape index (κ1) is 25.1. The topological polar surface area (TPSA) is 78.7 Å². The number of benzene rings is 1. The molecule has 6 heteroatoms. The summed E-state index contributed by atoms with van der Waals surface area (Å²) in [5, 5.41) is 3.25. The Bertz CT molecular complexity index is 606. The molecule has 29 heavy (non-hydrogen) atoms.